The zero-order valence-corrected chi connectivity index (χ0v) is 35.7. The molecule has 0 saturated carbocycles. The van der Waals surface area contributed by atoms with Crippen LogP contribution in [0.4, 0.5) is 0 Å². The van der Waals surface area contributed by atoms with E-state index in [0.29, 0.717) is 0 Å². The maximum atomic E-state index is 6.73. The van der Waals surface area contributed by atoms with Crippen LogP contribution in [0.15, 0.2) is 175 Å². The Morgan fingerprint density at radius 1 is 0.593 bits per heavy atom. The predicted octanol–water partition coefficient (Wildman–Crippen LogP) is 13.9. The number of rotatable bonds is 7. The Balaban J connectivity index is 0.000000319. The van der Waals surface area contributed by atoms with Gasteiger partial charge in [-0.2, -0.15) is 0 Å². The molecule has 0 N–H and O–H groups in total. The molecule has 291 valence electrons. The normalized spacial score (nSPS) is 11.2. The van der Waals surface area contributed by atoms with Crippen LogP contribution in [0.2, 0.25) is 0 Å². The third-order valence-electron chi connectivity index (χ3n) is 10.6. The molecule has 4 aromatic heterocycles. The number of imidazole rings is 1. The van der Waals surface area contributed by atoms with Gasteiger partial charge in [-0.1, -0.05) is 148 Å². The molecule has 4 heterocycles. The number of benzene rings is 6. The van der Waals surface area contributed by atoms with Crippen molar-refractivity contribution in [2.24, 2.45) is 0 Å². The maximum absolute atomic E-state index is 6.73. The number of furan rings is 1. The summed E-state index contributed by atoms with van der Waals surface area (Å²) in [6.45, 7) is 9.14. The molecule has 59 heavy (non-hydrogen) atoms. The Bertz CT molecular complexity index is 2930. The summed E-state index contributed by atoms with van der Waals surface area (Å²) in [7, 11) is 0. The van der Waals surface area contributed by atoms with Crippen LogP contribution in [-0.2, 0) is 20.1 Å². The molecule has 6 heteroatoms. The van der Waals surface area contributed by atoms with Crippen LogP contribution in [0.1, 0.15) is 50.7 Å². The van der Waals surface area contributed by atoms with Crippen molar-refractivity contribution >= 4 is 33.0 Å². The molecule has 0 saturated heterocycles. The Morgan fingerprint density at radius 2 is 1.27 bits per heavy atom. The Kier molecular flexibility index (Phi) is 11.5. The van der Waals surface area contributed by atoms with Crippen LogP contribution >= 0.6 is 0 Å². The quantitative estimate of drug-likeness (QED) is 0.149. The van der Waals surface area contributed by atoms with E-state index in [1.807, 2.05) is 30.3 Å². The molecule has 10 rings (SSSR count). The molecule has 5 nitrogen and oxygen atoms in total. The van der Waals surface area contributed by atoms with Gasteiger partial charge in [0.15, 0.2) is 0 Å². The minimum Gasteiger partial charge on any atom is -0.501 e. The van der Waals surface area contributed by atoms with Gasteiger partial charge in [-0.3, -0.25) is 4.98 Å². The fourth-order valence-electron chi connectivity index (χ4n) is 7.74. The van der Waals surface area contributed by atoms with Crippen molar-refractivity contribution < 1.29 is 24.5 Å². The Hall–Kier alpha value is -6.46. The summed E-state index contributed by atoms with van der Waals surface area (Å²) in [6, 6.07) is 59.1. The topological polar surface area (TPSA) is 56.7 Å². The number of hydrogen-bond acceptors (Lipinski definition) is 4. The third kappa shape index (κ3) is 7.78. The fourth-order valence-corrected chi connectivity index (χ4v) is 7.74. The molecule has 0 unspecified atom stereocenters. The fraction of sp³-hybridized carbons (Fsp3) is 0.113. The summed E-state index contributed by atoms with van der Waals surface area (Å²) in [5.74, 6) is 1.41. The molecule has 0 atom stereocenters. The second-order valence-corrected chi connectivity index (χ2v) is 15.1. The third-order valence-corrected chi connectivity index (χ3v) is 10.6. The smallest absolute Gasteiger partial charge is 0.121 e. The van der Waals surface area contributed by atoms with E-state index in [1.54, 1.807) is 24.7 Å². The van der Waals surface area contributed by atoms with Gasteiger partial charge in [0.1, 0.15) is 5.58 Å². The van der Waals surface area contributed by atoms with E-state index in [1.165, 1.54) is 33.5 Å². The van der Waals surface area contributed by atoms with Gasteiger partial charge in [-0.05, 0) is 87.3 Å². The largest absolute Gasteiger partial charge is 0.501 e. The number of fused-ring (bicyclic) bond motifs is 4. The molecule has 6 aromatic carbocycles. The zero-order chi connectivity index (χ0) is 39.6. The first-order valence-electron chi connectivity index (χ1n) is 19.8. The van der Waals surface area contributed by atoms with E-state index in [-0.39, 0.29) is 31.9 Å². The Morgan fingerprint density at radius 3 is 1.93 bits per heavy atom. The van der Waals surface area contributed by atoms with Crippen molar-refractivity contribution in [3.05, 3.63) is 194 Å². The van der Waals surface area contributed by atoms with Gasteiger partial charge in [0, 0.05) is 37.4 Å². The zero-order valence-electron chi connectivity index (χ0n) is 33.4. The van der Waals surface area contributed by atoms with Crippen molar-refractivity contribution in [2.45, 2.75) is 39.5 Å². The molecule has 0 aliphatic rings. The van der Waals surface area contributed by atoms with E-state index >= 15 is 0 Å². The number of pyridine rings is 2. The second-order valence-electron chi connectivity index (χ2n) is 15.1. The SMILES string of the molecule is CC(C)c1cc(-c2ccccc2)cc(C(C)C)c1-n1c(-c2[c-]ccc3c2oc2cc(-c4ccccc4)ccc23)nc2ccccc21.[Ir].[c-]1ccncc1-c1ccccn1. The van der Waals surface area contributed by atoms with E-state index in [4.69, 9.17) is 9.40 Å². The van der Waals surface area contributed by atoms with Gasteiger partial charge in [0.05, 0.1) is 22.4 Å². The molecule has 0 aliphatic heterocycles. The molecule has 0 bridgehead atoms. The van der Waals surface area contributed by atoms with Crippen molar-refractivity contribution in [3.63, 3.8) is 0 Å². The molecule has 1 radical (unpaired) electrons. The first-order valence-corrected chi connectivity index (χ1v) is 19.8. The van der Waals surface area contributed by atoms with Crippen molar-refractivity contribution in [2.75, 3.05) is 0 Å². The summed E-state index contributed by atoms with van der Waals surface area (Å²) >= 11 is 0. The molecular formula is C53H42IrN4O-2. The van der Waals surface area contributed by atoms with Gasteiger partial charge in [0.2, 0.25) is 0 Å². The number of hydrogen-bond donors (Lipinski definition) is 0. The van der Waals surface area contributed by atoms with Crippen LogP contribution in [0.3, 0.4) is 0 Å². The number of nitrogens with zero attached hydrogens (tertiary/aromatic N) is 4. The number of para-hydroxylation sites is 2. The first-order chi connectivity index (χ1) is 28.4. The minimum absolute atomic E-state index is 0. The Labute approximate surface area is 358 Å². The van der Waals surface area contributed by atoms with Crippen LogP contribution in [0.5, 0.6) is 0 Å². The molecule has 0 fully saturated rings. The van der Waals surface area contributed by atoms with E-state index in [9.17, 15) is 0 Å². The minimum atomic E-state index is 0. The van der Waals surface area contributed by atoms with Crippen LogP contribution in [-0.4, -0.2) is 19.5 Å². The van der Waals surface area contributed by atoms with Crippen molar-refractivity contribution in [1.29, 1.82) is 0 Å². The average Bonchev–Trinajstić information content (AvgIpc) is 3.86. The molecule has 0 aliphatic carbocycles. The summed E-state index contributed by atoms with van der Waals surface area (Å²) in [5.41, 5.74) is 14.9. The van der Waals surface area contributed by atoms with Crippen LogP contribution in [0.25, 0.3) is 83.6 Å². The summed E-state index contributed by atoms with van der Waals surface area (Å²) in [4.78, 5) is 13.5. The van der Waals surface area contributed by atoms with E-state index in [2.05, 4.69) is 170 Å². The molecular weight excluding hydrogens is 901 g/mol. The van der Waals surface area contributed by atoms with E-state index in [0.717, 1.165) is 61.2 Å². The molecule has 0 amide bonds. The van der Waals surface area contributed by atoms with Gasteiger partial charge in [-0.15, -0.1) is 35.9 Å². The summed E-state index contributed by atoms with van der Waals surface area (Å²) in [6.07, 6.45) is 5.21. The molecule has 10 aromatic rings. The van der Waals surface area contributed by atoms with Crippen molar-refractivity contribution in [3.8, 4) is 50.6 Å². The standard InChI is InChI=1S/C43H35N2O.C10H7N2.Ir/c1-27(2)36-24-32(30-16-9-6-10-17-30)25-37(28(3)4)41(36)45-39-21-12-11-20-38(39)44-43(45)35-19-13-18-34-33-23-22-31(26-40(33)46-42(34)35)29-14-7-5-8-15-29;1-2-7-12-10(5-1)9-4-3-6-11-8-9;/h5-18,20-28H,1-4H3;1-3,5-8H;/q2*-1;. The summed E-state index contributed by atoms with van der Waals surface area (Å²) < 4.78 is 9.10. The predicted molar refractivity (Wildman–Crippen MR) is 238 cm³/mol. The van der Waals surface area contributed by atoms with Crippen LogP contribution in [0, 0.1) is 12.1 Å². The van der Waals surface area contributed by atoms with Crippen LogP contribution < -0.4 is 0 Å². The van der Waals surface area contributed by atoms with Gasteiger partial charge < -0.3 is 19.0 Å². The maximum Gasteiger partial charge on any atom is 0.121 e. The summed E-state index contributed by atoms with van der Waals surface area (Å²) in [5, 5.41) is 2.15. The van der Waals surface area contributed by atoms with Gasteiger partial charge in [0.25, 0.3) is 0 Å². The second kappa shape index (κ2) is 17.2. The average molecular weight is 943 g/mol. The van der Waals surface area contributed by atoms with Gasteiger partial charge in [-0.25, -0.2) is 0 Å². The van der Waals surface area contributed by atoms with E-state index < -0.39 is 0 Å². The number of aromatic nitrogens is 4. The first kappa shape index (κ1) is 39.4. The van der Waals surface area contributed by atoms with Gasteiger partial charge >= 0.3 is 0 Å². The monoisotopic (exact) mass is 943 g/mol. The van der Waals surface area contributed by atoms with Crippen molar-refractivity contribution in [1.82, 2.24) is 19.5 Å². The molecule has 0 spiro atoms.